The van der Waals surface area contributed by atoms with E-state index in [1.54, 1.807) is 26.2 Å². The third-order valence-electron chi connectivity index (χ3n) is 4.41. The Labute approximate surface area is 174 Å². The smallest absolute Gasteiger partial charge is 0.278 e. The number of rotatable bonds is 7. The van der Waals surface area contributed by atoms with Gasteiger partial charge in [0.2, 0.25) is 0 Å². The van der Waals surface area contributed by atoms with Crippen molar-refractivity contribution in [2.45, 2.75) is 11.8 Å². The van der Waals surface area contributed by atoms with Gasteiger partial charge in [0.15, 0.2) is 5.69 Å². The molecular weight excluding hydrogens is 410 g/mol. The normalized spacial score (nSPS) is 11.5. The van der Waals surface area contributed by atoms with Crippen LogP contribution < -0.4 is 10.1 Å². The van der Waals surface area contributed by atoms with Crippen molar-refractivity contribution in [2.75, 3.05) is 26.6 Å². The molecule has 0 fully saturated rings. The Morgan fingerprint density at radius 2 is 1.83 bits per heavy atom. The first kappa shape index (κ1) is 21.4. The fourth-order valence-electron chi connectivity index (χ4n) is 2.67. The van der Waals surface area contributed by atoms with Crippen LogP contribution in [0.3, 0.4) is 0 Å². The molecule has 2 aromatic carbocycles. The van der Waals surface area contributed by atoms with Crippen LogP contribution in [0.25, 0.3) is 5.69 Å². The van der Waals surface area contributed by atoms with Crippen molar-refractivity contribution < 1.29 is 22.8 Å². The molecule has 0 radical (unpaired) electrons. The van der Waals surface area contributed by atoms with E-state index in [4.69, 9.17) is 9.57 Å². The minimum absolute atomic E-state index is 0.0324. The van der Waals surface area contributed by atoms with E-state index in [2.05, 4.69) is 15.6 Å². The summed E-state index contributed by atoms with van der Waals surface area (Å²) in [4.78, 5) is 17.4. The first-order chi connectivity index (χ1) is 14.3. The quantitative estimate of drug-likeness (QED) is 0.569. The van der Waals surface area contributed by atoms with Crippen LogP contribution in [-0.4, -0.2) is 55.1 Å². The van der Waals surface area contributed by atoms with Gasteiger partial charge in [-0.15, -0.1) is 5.10 Å². The summed E-state index contributed by atoms with van der Waals surface area (Å²) in [5, 5.41) is 10.7. The predicted molar refractivity (Wildman–Crippen MR) is 109 cm³/mol. The Morgan fingerprint density at radius 1 is 1.13 bits per heavy atom. The molecule has 3 rings (SSSR count). The topological polar surface area (TPSA) is 116 Å². The number of anilines is 1. The van der Waals surface area contributed by atoms with E-state index in [1.165, 1.54) is 43.1 Å². The molecule has 0 saturated carbocycles. The number of sulfonamides is 1. The Kier molecular flexibility index (Phi) is 6.15. The molecule has 30 heavy (non-hydrogen) atoms. The number of nitrogens with zero attached hydrogens (tertiary/aromatic N) is 4. The summed E-state index contributed by atoms with van der Waals surface area (Å²) < 4.78 is 32.0. The van der Waals surface area contributed by atoms with Crippen LogP contribution >= 0.6 is 0 Å². The fraction of sp³-hybridized carbons (Fsp3) is 0.211. The van der Waals surface area contributed by atoms with Gasteiger partial charge in [-0.05, 0) is 43.3 Å². The number of amides is 1. The molecule has 1 amide bonds. The standard InChI is InChI=1S/C19H21N5O5S/c1-13-18(21-22-24(13)15-6-5-7-16(12-15)28-3)19(25)20-14-8-10-17(11-9-14)30(26,27)23(2)29-4/h5-12H,1-4H3,(H,20,25). The predicted octanol–water partition coefficient (Wildman–Crippen LogP) is 2.02. The number of benzene rings is 2. The maximum atomic E-state index is 12.6. The van der Waals surface area contributed by atoms with Crippen molar-refractivity contribution >= 4 is 21.6 Å². The molecule has 10 nitrogen and oxygen atoms in total. The molecule has 11 heteroatoms. The van der Waals surface area contributed by atoms with Crippen molar-refractivity contribution in [3.8, 4) is 11.4 Å². The minimum Gasteiger partial charge on any atom is -0.497 e. The van der Waals surface area contributed by atoms with E-state index in [-0.39, 0.29) is 10.6 Å². The SMILES string of the molecule is COc1cccc(-n2nnc(C(=O)Nc3ccc(S(=O)(=O)N(C)OC)cc3)c2C)c1. The van der Waals surface area contributed by atoms with Gasteiger partial charge in [-0.2, -0.15) is 0 Å². The van der Waals surface area contributed by atoms with E-state index >= 15 is 0 Å². The summed E-state index contributed by atoms with van der Waals surface area (Å²) >= 11 is 0. The second-order valence-corrected chi connectivity index (χ2v) is 8.15. The van der Waals surface area contributed by atoms with Crippen LogP contribution in [0.4, 0.5) is 5.69 Å². The van der Waals surface area contributed by atoms with Crippen LogP contribution in [0, 0.1) is 6.92 Å². The lowest BCUT2D eigenvalue weighted by Gasteiger charge is -2.14. The molecule has 0 bridgehead atoms. The fourth-order valence-corrected chi connectivity index (χ4v) is 3.65. The van der Waals surface area contributed by atoms with Crippen LogP contribution in [0.2, 0.25) is 0 Å². The van der Waals surface area contributed by atoms with E-state index in [0.29, 0.717) is 22.8 Å². The number of hydroxylamine groups is 1. The molecule has 0 aliphatic carbocycles. The maximum Gasteiger partial charge on any atom is 0.278 e. The van der Waals surface area contributed by atoms with Crippen LogP contribution in [0.1, 0.15) is 16.2 Å². The zero-order valence-corrected chi connectivity index (χ0v) is 17.7. The second kappa shape index (κ2) is 8.61. The van der Waals surface area contributed by atoms with Crippen LogP contribution in [0.15, 0.2) is 53.4 Å². The van der Waals surface area contributed by atoms with Gasteiger partial charge < -0.3 is 10.1 Å². The number of carbonyl (C=O) groups excluding carboxylic acids is 1. The highest BCUT2D eigenvalue weighted by Crippen LogP contribution is 2.20. The van der Waals surface area contributed by atoms with Crippen molar-refractivity contribution in [2.24, 2.45) is 0 Å². The first-order valence-corrected chi connectivity index (χ1v) is 10.2. The number of ether oxygens (including phenoxy) is 1. The van der Waals surface area contributed by atoms with Gasteiger partial charge in [-0.1, -0.05) is 15.7 Å². The Morgan fingerprint density at radius 3 is 2.47 bits per heavy atom. The third-order valence-corrected chi connectivity index (χ3v) is 6.11. The van der Waals surface area contributed by atoms with E-state index in [9.17, 15) is 13.2 Å². The lowest BCUT2D eigenvalue weighted by molar-refractivity contribution is -0.0258. The van der Waals surface area contributed by atoms with Crippen molar-refractivity contribution in [1.29, 1.82) is 0 Å². The zero-order valence-electron chi connectivity index (χ0n) is 16.9. The molecule has 158 valence electrons. The maximum absolute atomic E-state index is 12.6. The summed E-state index contributed by atoms with van der Waals surface area (Å²) in [7, 11) is 0.350. The number of hydrogen-bond donors (Lipinski definition) is 1. The number of methoxy groups -OCH3 is 1. The summed E-state index contributed by atoms with van der Waals surface area (Å²) in [6, 6.07) is 12.9. The molecular formula is C19H21N5O5S. The summed E-state index contributed by atoms with van der Waals surface area (Å²) in [5.41, 5.74) is 1.81. The molecule has 1 aromatic heterocycles. The first-order valence-electron chi connectivity index (χ1n) is 8.79. The molecule has 1 heterocycles. The van der Waals surface area contributed by atoms with Gasteiger partial charge in [0.25, 0.3) is 15.9 Å². The summed E-state index contributed by atoms with van der Waals surface area (Å²) in [5.74, 6) is 0.189. The Bertz CT molecular complexity index is 1160. The van der Waals surface area contributed by atoms with Gasteiger partial charge in [-0.3, -0.25) is 9.63 Å². The van der Waals surface area contributed by atoms with Gasteiger partial charge >= 0.3 is 0 Å². The molecule has 3 aromatic rings. The molecule has 1 N–H and O–H groups in total. The van der Waals surface area contributed by atoms with Gasteiger partial charge in [-0.25, -0.2) is 13.1 Å². The third kappa shape index (κ3) is 4.17. The van der Waals surface area contributed by atoms with Crippen molar-refractivity contribution in [3.05, 3.63) is 59.9 Å². The Hall–Kier alpha value is -3.28. The minimum atomic E-state index is -3.76. The molecule has 0 aliphatic rings. The van der Waals surface area contributed by atoms with E-state index in [1.807, 2.05) is 12.1 Å². The summed E-state index contributed by atoms with van der Waals surface area (Å²) in [6.45, 7) is 1.73. The second-order valence-electron chi connectivity index (χ2n) is 6.21. The lowest BCUT2D eigenvalue weighted by atomic mass is 10.2. The molecule has 0 spiro atoms. The van der Waals surface area contributed by atoms with Crippen LogP contribution in [-0.2, 0) is 14.9 Å². The number of hydrogen-bond acceptors (Lipinski definition) is 7. The molecule has 0 atom stereocenters. The molecule has 0 unspecified atom stereocenters. The highest BCUT2D eigenvalue weighted by molar-refractivity contribution is 7.89. The number of aromatic nitrogens is 3. The molecule has 0 saturated heterocycles. The van der Waals surface area contributed by atoms with Gasteiger partial charge in [0.1, 0.15) is 5.75 Å². The summed E-state index contributed by atoms with van der Waals surface area (Å²) in [6.07, 6.45) is 0. The highest BCUT2D eigenvalue weighted by Gasteiger charge is 2.21. The Balaban J connectivity index is 1.79. The monoisotopic (exact) mass is 431 g/mol. The lowest BCUT2D eigenvalue weighted by Crippen LogP contribution is -2.25. The largest absolute Gasteiger partial charge is 0.497 e. The van der Waals surface area contributed by atoms with E-state index < -0.39 is 15.9 Å². The average Bonchev–Trinajstić information content (AvgIpc) is 3.15. The molecule has 0 aliphatic heterocycles. The zero-order chi connectivity index (χ0) is 21.9. The number of nitrogens with one attached hydrogen (secondary N) is 1. The highest BCUT2D eigenvalue weighted by atomic mass is 32.2. The average molecular weight is 431 g/mol. The van der Waals surface area contributed by atoms with Crippen molar-refractivity contribution in [1.82, 2.24) is 19.5 Å². The van der Waals surface area contributed by atoms with Crippen LogP contribution in [0.5, 0.6) is 5.75 Å². The van der Waals surface area contributed by atoms with E-state index in [0.717, 1.165) is 4.47 Å². The number of carbonyl (C=O) groups is 1. The van der Waals surface area contributed by atoms with Crippen molar-refractivity contribution in [3.63, 3.8) is 0 Å². The van der Waals surface area contributed by atoms with Gasteiger partial charge in [0, 0.05) is 18.8 Å². The van der Waals surface area contributed by atoms with Gasteiger partial charge in [0.05, 0.1) is 30.5 Å².